The summed E-state index contributed by atoms with van der Waals surface area (Å²) in [5.41, 5.74) is 11.7. The highest BCUT2D eigenvalue weighted by Gasteiger charge is 2.41. The van der Waals surface area contributed by atoms with E-state index in [0.29, 0.717) is 5.69 Å². The van der Waals surface area contributed by atoms with E-state index in [1.807, 2.05) is 65.1 Å². The first-order valence-electron chi connectivity index (χ1n) is 9.04. The van der Waals surface area contributed by atoms with Crippen LogP contribution in [0.25, 0.3) is 0 Å². The number of nitrogen functional groups attached to an aromatic ring is 1. The number of nitrogens with one attached hydrogen (secondary N) is 1. The van der Waals surface area contributed by atoms with Gasteiger partial charge in [-0.1, -0.05) is 24.3 Å². The van der Waals surface area contributed by atoms with Gasteiger partial charge in [-0.2, -0.15) is 0 Å². The molecule has 0 aromatic heterocycles. The topological polar surface area (TPSA) is 84.6 Å². The van der Waals surface area contributed by atoms with E-state index in [1.165, 1.54) is 7.11 Å². The van der Waals surface area contributed by atoms with Gasteiger partial charge in [0.2, 0.25) is 0 Å². The predicted molar refractivity (Wildman–Crippen MR) is 110 cm³/mol. The van der Waals surface area contributed by atoms with Crippen LogP contribution in [0.3, 0.4) is 0 Å². The molecule has 2 rings (SSSR count). The first kappa shape index (κ1) is 20.8. The summed E-state index contributed by atoms with van der Waals surface area (Å²) in [4.78, 5) is 12.6. The van der Waals surface area contributed by atoms with Crippen molar-refractivity contribution in [1.82, 2.24) is 0 Å². The normalized spacial score (nSPS) is 12.6. The lowest BCUT2D eigenvalue weighted by molar-refractivity contribution is -0.151. The van der Waals surface area contributed by atoms with Crippen LogP contribution in [-0.2, 0) is 16.1 Å². The zero-order chi connectivity index (χ0) is 20.4. The van der Waals surface area contributed by atoms with Gasteiger partial charge in [-0.05, 0) is 61.6 Å². The van der Waals surface area contributed by atoms with E-state index in [0.717, 1.165) is 33.5 Å². The Bertz CT molecular complexity index is 844. The molecular formula is C22H30N2O3. The van der Waals surface area contributed by atoms with Gasteiger partial charge in [0, 0.05) is 13.0 Å². The third kappa shape index (κ3) is 3.78. The molecule has 0 bridgehead atoms. The number of anilines is 2. The Morgan fingerprint density at radius 3 is 2.48 bits per heavy atom. The van der Waals surface area contributed by atoms with Crippen molar-refractivity contribution >= 4 is 17.3 Å². The van der Waals surface area contributed by atoms with Crippen molar-refractivity contribution in [3.8, 4) is 0 Å². The number of methoxy groups -OCH3 is 1. The number of ether oxygens (including phenoxy) is 1. The molecule has 5 nitrogen and oxygen atoms in total. The van der Waals surface area contributed by atoms with E-state index >= 15 is 0 Å². The third-order valence-electron chi connectivity index (χ3n) is 5.45. The van der Waals surface area contributed by atoms with Gasteiger partial charge in [-0.15, -0.1) is 0 Å². The number of carbonyl (C=O) groups excluding carboxylic acids is 1. The largest absolute Gasteiger partial charge is 0.469 e. The van der Waals surface area contributed by atoms with Crippen molar-refractivity contribution in [2.45, 2.75) is 40.2 Å². The molecule has 0 amide bonds. The summed E-state index contributed by atoms with van der Waals surface area (Å²) in [6, 6.07) is 9.88. The smallest absolute Gasteiger partial charge is 0.312 e. The number of aliphatic hydroxyl groups excluding tert-OH is 1. The maximum Gasteiger partial charge on any atom is 0.312 e. The van der Waals surface area contributed by atoms with E-state index < -0.39 is 5.41 Å². The molecule has 0 radical (unpaired) electrons. The molecule has 0 heterocycles. The van der Waals surface area contributed by atoms with Crippen LogP contribution in [0, 0.1) is 19.3 Å². The van der Waals surface area contributed by atoms with Crippen molar-refractivity contribution in [2.75, 3.05) is 25.2 Å². The van der Waals surface area contributed by atoms with Gasteiger partial charge in [-0.3, -0.25) is 4.79 Å². The van der Waals surface area contributed by atoms with Crippen LogP contribution < -0.4 is 11.1 Å². The Morgan fingerprint density at radius 1 is 1.26 bits per heavy atom. The molecule has 146 valence electrons. The molecule has 0 unspecified atom stereocenters. The average Bonchev–Trinajstić information content (AvgIpc) is 2.65. The number of aliphatic hydroxyl groups is 1. The van der Waals surface area contributed by atoms with Gasteiger partial charge in [-0.25, -0.2) is 0 Å². The molecule has 27 heavy (non-hydrogen) atoms. The molecule has 0 aliphatic rings. The second kappa shape index (κ2) is 8.01. The summed E-state index contributed by atoms with van der Waals surface area (Å²) in [5, 5.41) is 12.8. The summed E-state index contributed by atoms with van der Waals surface area (Å²) >= 11 is 0. The maximum atomic E-state index is 12.6. The van der Waals surface area contributed by atoms with E-state index in [9.17, 15) is 9.90 Å². The second-order valence-electron chi connectivity index (χ2n) is 7.48. The lowest BCUT2D eigenvalue weighted by Gasteiger charge is -2.34. The molecule has 1 atom stereocenters. The Hall–Kier alpha value is -2.53. The Kier molecular flexibility index (Phi) is 6.16. The number of aryl methyl sites for hydroxylation is 1. The molecule has 5 heteroatoms. The molecule has 0 saturated heterocycles. The zero-order valence-electron chi connectivity index (χ0n) is 17.0. The minimum Gasteiger partial charge on any atom is -0.469 e. The van der Waals surface area contributed by atoms with E-state index in [2.05, 4.69) is 5.32 Å². The highest BCUT2D eigenvalue weighted by Crippen LogP contribution is 2.45. The minimum absolute atomic E-state index is 0.0507. The van der Waals surface area contributed by atoms with Crippen molar-refractivity contribution in [2.24, 2.45) is 5.41 Å². The van der Waals surface area contributed by atoms with Crippen LogP contribution >= 0.6 is 0 Å². The van der Waals surface area contributed by atoms with E-state index in [4.69, 9.17) is 10.5 Å². The van der Waals surface area contributed by atoms with E-state index in [-0.39, 0.29) is 18.5 Å². The number of carbonyl (C=O) groups is 1. The number of benzene rings is 2. The van der Waals surface area contributed by atoms with Gasteiger partial charge < -0.3 is 20.9 Å². The number of esters is 1. The monoisotopic (exact) mass is 370 g/mol. The number of hydrogen-bond donors (Lipinski definition) is 3. The summed E-state index contributed by atoms with van der Waals surface area (Å²) < 4.78 is 5.10. The molecule has 0 aliphatic heterocycles. The minimum atomic E-state index is -0.824. The van der Waals surface area contributed by atoms with Crippen LogP contribution in [0.1, 0.15) is 47.6 Å². The van der Waals surface area contributed by atoms with Crippen molar-refractivity contribution in [1.29, 1.82) is 0 Å². The summed E-state index contributed by atoms with van der Waals surface area (Å²) in [6.07, 6.45) is 0. The zero-order valence-corrected chi connectivity index (χ0v) is 17.0. The van der Waals surface area contributed by atoms with Gasteiger partial charge in [0.05, 0.1) is 30.5 Å². The lowest BCUT2D eigenvalue weighted by Crippen LogP contribution is -2.34. The summed E-state index contributed by atoms with van der Waals surface area (Å²) in [7, 11) is 3.23. The third-order valence-corrected chi connectivity index (χ3v) is 5.45. The molecule has 0 aliphatic carbocycles. The van der Waals surface area contributed by atoms with E-state index in [1.54, 1.807) is 0 Å². The molecule has 0 fully saturated rings. The van der Waals surface area contributed by atoms with Crippen LogP contribution in [0.5, 0.6) is 0 Å². The molecule has 0 spiro atoms. The highest BCUT2D eigenvalue weighted by molar-refractivity contribution is 5.79. The van der Waals surface area contributed by atoms with Crippen LogP contribution in [0.4, 0.5) is 11.4 Å². The van der Waals surface area contributed by atoms with Crippen molar-refractivity contribution < 1.29 is 14.6 Å². The Labute approximate surface area is 161 Å². The lowest BCUT2D eigenvalue weighted by atomic mass is 9.69. The standard InChI is InChI=1S/C22H30N2O3/c1-13-7-8-15(11-16(13)12-25)19(22(3,4)21(26)27-6)17-9-10-18(24-5)20(23)14(17)2/h7-11,19,24-25H,12,23H2,1-6H3/t19-/m1/s1. The summed E-state index contributed by atoms with van der Waals surface area (Å²) in [5.74, 6) is -0.571. The molecule has 2 aromatic carbocycles. The second-order valence-corrected chi connectivity index (χ2v) is 7.48. The average molecular weight is 370 g/mol. The fraction of sp³-hybridized carbons (Fsp3) is 0.409. The van der Waals surface area contributed by atoms with Gasteiger partial charge in [0.25, 0.3) is 0 Å². The Morgan fingerprint density at radius 2 is 1.93 bits per heavy atom. The highest BCUT2D eigenvalue weighted by atomic mass is 16.5. The molecule has 0 saturated carbocycles. The van der Waals surface area contributed by atoms with Crippen LogP contribution in [-0.4, -0.2) is 25.2 Å². The number of nitrogens with two attached hydrogens (primary N) is 1. The van der Waals surface area contributed by atoms with Crippen LogP contribution in [0.15, 0.2) is 30.3 Å². The Balaban J connectivity index is 2.76. The van der Waals surface area contributed by atoms with Crippen LogP contribution in [0.2, 0.25) is 0 Å². The summed E-state index contributed by atoms with van der Waals surface area (Å²) in [6.45, 7) is 7.63. The fourth-order valence-corrected chi connectivity index (χ4v) is 3.68. The molecule has 2 aromatic rings. The van der Waals surface area contributed by atoms with Crippen molar-refractivity contribution in [3.05, 3.63) is 58.1 Å². The van der Waals surface area contributed by atoms with Gasteiger partial charge >= 0.3 is 5.97 Å². The quantitative estimate of drug-likeness (QED) is 0.533. The number of rotatable bonds is 6. The SMILES string of the molecule is CNc1ccc([C@@H](c2ccc(C)c(CO)c2)C(C)(C)C(=O)OC)c(C)c1N. The van der Waals surface area contributed by atoms with Gasteiger partial charge in [0.15, 0.2) is 0 Å². The fourth-order valence-electron chi connectivity index (χ4n) is 3.68. The van der Waals surface area contributed by atoms with Gasteiger partial charge in [0.1, 0.15) is 0 Å². The number of hydrogen-bond acceptors (Lipinski definition) is 5. The maximum absolute atomic E-state index is 12.6. The first-order chi connectivity index (χ1) is 12.7. The molecular weight excluding hydrogens is 340 g/mol. The van der Waals surface area contributed by atoms with Crippen molar-refractivity contribution in [3.63, 3.8) is 0 Å². The first-order valence-corrected chi connectivity index (χ1v) is 9.04. The predicted octanol–water partition coefficient (Wildman–Crippen LogP) is 3.75. The molecule has 4 N–H and O–H groups in total.